The van der Waals surface area contributed by atoms with E-state index in [9.17, 15) is 14.4 Å². The summed E-state index contributed by atoms with van der Waals surface area (Å²) in [6.07, 6.45) is 0.876. The monoisotopic (exact) mass is 243 g/mol. The molecule has 1 heterocycles. The Balaban J connectivity index is 2.07. The van der Waals surface area contributed by atoms with Crippen molar-refractivity contribution in [2.45, 2.75) is 19.3 Å². The van der Waals surface area contributed by atoms with Crippen LogP contribution in [0.4, 0.5) is 4.79 Å². The minimum atomic E-state index is -0.837. The summed E-state index contributed by atoms with van der Waals surface area (Å²) in [4.78, 5) is 33.8. The summed E-state index contributed by atoms with van der Waals surface area (Å²) in [6.45, 7) is 1.36. The average molecular weight is 243 g/mol. The molecule has 1 saturated heterocycles. The number of carbonyl (C=O) groups is 3. The van der Waals surface area contributed by atoms with Crippen LogP contribution < -0.4 is 11.1 Å². The second kappa shape index (κ2) is 6.07. The van der Waals surface area contributed by atoms with E-state index in [1.807, 2.05) is 0 Å². The number of carboxylic acid groups (broad SMARTS) is 1. The molecule has 17 heavy (non-hydrogen) atoms. The molecule has 96 valence electrons. The molecule has 0 spiro atoms. The van der Waals surface area contributed by atoms with E-state index in [-0.39, 0.29) is 30.7 Å². The Bertz CT molecular complexity index is 313. The van der Waals surface area contributed by atoms with Crippen LogP contribution in [0.15, 0.2) is 0 Å². The average Bonchev–Trinajstić information content (AvgIpc) is 2.16. The fraction of sp³-hybridized carbons (Fsp3) is 0.700. The number of amides is 3. The fourth-order valence-electron chi connectivity index (χ4n) is 1.68. The first kappa shape index (κ1) is 13.3. The highest BCUT2D eigenvalue weighted by Gasteiger charge is 2.31. The molecule has 0 saturated carbocycles. The molecule has 7 nitrogen and oxygen atoms in total. The van der Waals surface area contributed by atoms with Crippen molar-refractivity contribution < 1.29 is 19.5 Å². The molecule has 0 bridgehead atoms. The SMILES string of the molecule is NC(=O)CCCNC(=O)N1CC(CC(=O)O)C1. The number of primary amides is 1. The third-order valence-electron chi connectivity index (χ3n) is 2.58. The van der Waals surface area contributed by atoms with E-state index in [4.69, 9.17) is 10.8 Å². The van der Waals surface area contributed by atoms with E-state index in [1.165, 1.54) is 0 Å². The Morgan fingerprint density at radius 3 is 2.53 bits per heavy atom. The zero-order valence-electron chi connectivity index (χ0n) is 9.52. The highest BCUT2D eigenvalue weighted by molar-refractivity contribution is 5.76. The smallest absolute Gasteiger partial charge is 0.317 e. The molecule has 0 atom stereocenters. The number of nitrogens with two attached hydrogens (primary N) is 1. The molecule has 1 aliphatic rings. The normalized spacial score (nSPS) is 15.2. The molecular formula is C10H17N3O4. The summed E-state index contributed by atoms with van der Waals surface area (Å²) in [6, 6.07) is -0.212. The van der Waals surface area contributed by atoms with Crippen molar-refractivity contribution in [1.82, 2.24) is 10.2 Å². The second-order valence-electron chi connectivity index (χ2n) is 4.17. The van der Waals surface area contributed by atoms with Gasteiger partial charge in [-0.15, -0.1) is 0 Å². The molecular weight excluding hydrogens is 226 g/mol. The van der Waals surface area contributed by atoms with Crippen LogP contribution in [0.1, 0.15) is 19.3 Å². The molecule has 1 rings (SSSR count). The quantitative estimate of drug-likeness (QED) is 0.539. The van der Waals surface area contributed by atoms with E-state index in [2.05, 4.69) is 5.32 Å². The van der Waals surface area contributed by atoms with Crippen LogP contribution >= 0.6 is 0 Å². The number of urea groups is 1. The van der Waals surface area contributed by atoms with Crippen molar-refractivity contribution >= 4 is 17.9 Å². The Hall–Kier alpha value is -1.79. The first-order valence-electron chi connectivity index (χ1n) is 5.52. The minimum Gasteiger partial charge on any atom is -0.481 e. The van der Waals surface area contributed by atoms with Gasteiger partial charge >= 0.3 is 12.0 Å². The number of nitrogens with zero attached hydrogens (tertiary/aromatic N) is 1. The predicted octanol–water partition coefficient (Wildman–Crippen LogP) is -0.632. The van der Waals surface area contributed by atoms with Gasteiger partial charge in [0, 0.05) is 32.0 Å². The maximum Gasteiger partial charge on any atom is 0.317 e. The van der Waals surface area contributed by atoms with Gasteiger partial charge in [0.1, 0.15) is 0 Å². The number of rotatable bonds is 6. The number of carbonyl (C=O) groups excluding carboxylic acids is 2. The summed E-state index contributed by atoms with van der Waals surface area (Å²) in [5.74, 6) is -1.16. The maximum absolute atomic E-state index is 11.5. The van der Waals surface area contributed by atoms with Crippen molar-refractivity contribution in [3.8, 4) is 0 Å². The maximum atomic E-state index is 11.5. The van der Waals surface area contributed by atoms with Crippen LogP contribution in [-0.2, 0) is 9.59 Å². The topological polar surface area (TPSA) is 113 Å². The fourth-order valence-corrected chi connectivity index (χ4v) is 1.68. The summed E-state index contributed by atoms with van der Waals surface area (Å²) < 4.78 is 0. The van der Waals surface area contributed by atoms with Crippen LogP contribution in [-0.4, -0.2) is 47.5 Å². The van der Waals surface area contributed by atoms with Crippen molar-refractivity contribution in [2.24, 2.45) is 11.7 Å². The van der Waals surface area contributed by atoms with E-state index in [1.54, 1.807) is 4.90 Å². The molecule has 0 aliphatic carbocycles. The molecule has 1 fully saturated rings. The number of likely N-dealkylation sites (tertiary alicyclic amines) is 1. The Kier molecular flexibility index (Phi) is 4.74. The summed E-state index contributed by atoms with van der Waals surface area (Å²) in [5.41, 5.74) is 4.95. The van der Waals surface area contributed by atoms with Crippen molar-refractivity contribution in [3.05, 3.63) is 0 Å². The summed E-state index contributed by atoms with van der Waals surface area (Å²) >= 11 is 0. The zero-order valence-corrected chi connectivity index (χ0v) is 9.52. The van der Waals surface area contributed by atoms with Crippen LogP contribution in [0, 0.1) is 5.92 Å². The predicted molar refractivity (Wildman–Crippen MR) is 59.1 cm³/mol. The molecule has 0 unspecified atom stereocenters. The van der Waals surface area contributed by atoms with Gasteiger partial charge in [-0.25, -0.2) is 4.79 Å². The largest absolute Gasteiger partial charge is 0.481 e. The molecule has 0 aromatic rings. The lowest BCUT2D eigenvalue weighted by molar-refractivity contribution is -0.139. The highest BCUT2D eigenvalue weighted by atomic mass is 16.4. The molecule has 7 heteroatoms. The van der Waals surface area contributed by atoms with Gasteiger partial charge in [0.15, 0.2) is 0 Å². The molecule has 0 aromatic heterocycles. The van der Waals surface area contributed by atoms with Gasteiger partial charge in [-0.05, 0) is 6.42 Å². The lowest BCUT2D eigenvalue weighted by atomic mass is 9.97. The summed E-state index contributed by atoms with van der Waals surface area (Å²) in [7, 11) is 0. The minimum absolute atomic E-state index is 0.0591. The lowest BCUT2D eigenvalue weighted by Gasteiger charge is -2.38. The number of carboxylic acids is 1. The van der Waals surface area contributed by atoms with Crippen LogP contribution in [0.5, 0.6) is 0 Å². The van der Waals surface area contributed by atoms with Gasteiger partial charge in [0.25, 0.3) is 0 Å². The molecule has 0 aromatic carbocycles. The van der Waals surface area contributed by atoms with E-state index in [0.29, 0.717) is 26.1 Å². The van der Waals surface area contributed by atoms with Crippen molar-refractivity contribution in [3.63, 3.8) is 0 Å². The molecule has 1 aliphatic heterocycles. The highest BCUT2D eigenvalue weighted by Crippen LogP contribution is 2.18. The first-order valence-corrected chi connectivity index (χ1v) is 5.52. The van der Waals surface area contributed by atoms with Crippen molar-refractivity contribution in [2.75, 3.05) is 19.6 Å². The standard InChI is InChI=1S/C10H17N3O4/c11-8(14)2-1-3-12-10(17)13-5-7(6-13)4-9(15)16/h7H,1-6H2,(H2,11,14)(H,12,17)(H,15,16). The third-order valence-corrected chi connectivity index (χ3v) is 2.58. The van der Waals surface area contributed by atoms with Crippen molar-refractivity contribution in [1.29, 1.82) is 0 Å². The van der Waals surface area contributed by atoms with E-state index < -0.39 is 5.97 Å². The Labute approximate surface area is 98.9 Å². The Morgan fingerprint density at radius 1 is 1.35 bits per heavy atom. The molecule has 4 N–H and O–H groups in total. The van der Waals surface area contributed by atoms with Gasteiger partial charge in [-0.2, -0.15) is 0 Å². The lowest BCUT2D eigenvalue weighted by Crippen LogP contribution is -2.54. The third kappa shape index (κ3) is 4.71. The van der Waals surface area contributed by atoms with Gasteiger partial charge in [-0.1, -0.05) is 0 Å². The number of nitrogens with one attached hydrogen (secondary N) is 1. The van der Waals surface area contributed by atoms with E-state index in [0.717, 1.165) is 0 Å². The Morgan fingerprint density at radius 2 is 2.00 bits per heavy atom. The molecule has 0 radical (unpaired) electrons. The number of hydrogen-bond acceptors (Lipinski definition) is 3. The van der Waals surface area contributed by atoms with Gasteiger partial charge in [0.2, 0.25) is 5.91 Å². The van der Waals surface area contributed by atoms with Crippen LogP contribution in [0.3, 0.4) is 0 Å². The summed E-state index contributed by atoms with van der Waals surface area (Å²) in [5, 5.41) is 11.2. The van der Waals surface area contributed by atoms with Crippen LogP contribution in [0.2, 0.25) is 0 Å². The van der Waals surface area contributed by atoms with Gasteiger partial charge in [0.05, 0.1) is 6.42 Å². The number of hydrogen-bond donors (Lipinski definition) is 3. The van der Waals surface area contributed by atoms with Gasteiger partial charge < -0.3 is 21.1 Å². The zero-order chi connectivity index (χ0) is 12.8. The van der Waals surface area contributed by atoms with Gasteiger partial charge in [-0.3, -0.25) is 9.59 Å². The number of aliphatic carboxylic acids is 1. The molecule has 3 amide bonds. The second-order valence-corrected chi connectivity index (χ2v) is 4.17. The van der Waals surface area contributed by atoms with Crippen LogP contribution in [0.25, 0.3) is 0 Å². The first-order chi connectivity index (χ1) is 7.99. The van der Waals surface area contributed by atoms with E-state index >= 15 is 0 Å².